The zero-order valence-corrected chi connectivity index (χ0v) is 12.4. The van der Waals surface area contributed by atoms with Crippen LogP contribution in [-0.4, -0.2) is 46.4 Å². The van der Waals surface area contributed by atoms with Crippen molar-refractivity contribution >= 4 is 16.8 Å². The maximum Gasteiger partial charge on any atom is 0.209 e. The Kier molecular flexibility index (Phi) is 3.61. The van der Waals surface area contributed by atoms with Crippen molar-refractivity contribution in [2.24, 2.45) is 0 Å². The molecular weight excluding hydrogens is 270 g/mol. The summed E-state index contributed by atoms with van der Waals surface area (Å²) in [6.45, 7) is 6.09. The number of oxazole rings is 1. The van der Waals surface area contributed by atoms with E-state index in [1.807, 2.05) is 26.0 Å². The van der Waals surface area contributed by atoms with E-state index >= 15 is 0 Å². The fourth-order valence-electron chi connectivity index (χ4n) is 2.88. The van der Waals surface area contributed by atoms with E-state index in [9.17, 15) is 5.11 Å². The summed E-state index contributed by atoms with van der Waals surface area (Å²) in [5.41, 5.74) is 7.65. The first-order valence-electron chi connectivity index (χ1n) is 7.11. The third-order valence-corrected chi connectivity index (χ3v) is 3.57. The van der Waals surface area contributed by atoms with Gasteiger partial charge in [-0.3, -0.25) is 4.90 Å². The molecule has 6 nitrogen and oxygen atoms in total. The number of hydrogen-bond donors (Lipinski definition) is 2. The van der Waals surface area contributed by atoms with Gasteiger partial charge in [0.25, 0.3) is 0 Å². The molecule has 0 saturated carbocycles. The van der Waals surface area contributed by atoms with Crippen LogP contribution in [0.4, 0.5) is 5.69 Å². The second-order valence-corrected chi connectivity index (χ2v) is 6.19. The number of nitrogen functional groups attached to an aromatic ring is 1. The molecule has 3 rings (SSSR count). The number of nitrogens with zero attached hydrogens (tertiary/aromatic N) is 2. The lowest BCUT2D eigenvalue weighted by Crippen LogP contribution is -2.53. The molecule has 114 valence electrons. The van der Waals surface area contributed by atoms with Gasteiger partial charge in [-0.2, -0.15) is 0 Å². The Hall–Kier alpha value is -1.63. The highest BCUT2D eigenvalue weighted by molar-refractivity contribution is 5.76. The number of rotatable bonds is 3. The second kappa shape index (κ2) is 5.29. The molecule has 1 fully saturated rings. The first-order valence-corrected chi connectivity index (χ1v) is 7.11. The Morgan fingerprint density at radius 2 is 2.29 bits per heavy atom. The number of hydrogen-bond acceptors (Lipinski definition) is 6. The zero-order chi connectivity index (χ0) is 15.0. The normalized spacial score (nSPS) is 22.7. The van der Waals surface area contributed by atoms with E-state index in [2.05, 4.69) is 9.88 Å². The first kappa shape index (κ1) is 14.3. The lowest BCUT2D eigenvalue weighted by molar-refractivity contribution is -0.151. The highest BCUT2D eigenvalue weighted by atomic mass is 16.5. The Bertz CT molecular complexity index is 638. The lowest BCUT2D eigenvalue weighted by atomic mass is 10.1. The minimum absolute atomic E-state index is 0.0179. The standard InChI is InChI=1S/C15H21N3O3/c1-15(2)9-18(6-11(8-19)21-15)7-14-17-12-5-10(16)3-4-13(12)20-14/h3-5,11,19H,6-9,16H2,1-2H3. The van der Waals surface area contributed by atoms with Crippen molar-refractivity contribution in [1.82, 2.24) is 9.88 Å². The molecule has 2 aromatic rings. The van der Waals surface area contributed by atoms with Crippen molar-refractivity contribution in [3.05, 3.63) is 24.1 Å². The van der Waals surface area contributed by atoms with Crippen LogP contribution in [0.2, 0.25) is 0 Å². The van der Waals surface area contributed by atoms with E-state index in [4.69, 9.17) is 14.9 Å². The molecule has 21 heavy (non-hydrogen) atoms. The summed E-state index contributed by atoms with van der Waals surface area (Å²) in [5.74, 6) is 0.657. The zero-order valence-electron chi connectivity index (χ0n) is 12.4. The van der Waals surface area contributed by atoms with E-state index in [0.29, 0.717) is 24.7 Å². The van der Waals surface area contributed by atoms with Crippen LogP contribution in [0.15, 0.2) is 22.6 Å². The van der Waals surface area contributed by atoms with Gasteiger partial charge in [-0.05, 0) is 32.0 Å². The molecule has 6 heteroatoms. The van der Waals surface area contributed by atoms with Crippen LogP contribution >= 0.6 is 0 Å². The number of aliphatic hydroxyl groups is 1. The predicted octanol–water partition coefficient (Wildman–Crippen LogP) is 1.38. The minimum atomic E-state index is -0.290. The number of fused-ring (bicyclic) bond motifs is 1. The summed E-state index contributed by atoms with van der Waals surface area (Å²) in [6.07, 6.45) is -0.172. The number of morpholine rings is 1. The van der Waals surface area contributed by atoms with Crippen molar-refractivity contribution in [3.63, 3.8) is 0 Å². The van der Waals surface area contributed by atoms with E-state index in [1.165, 1.54) is 0 Å². The number of anilines is 1. The number of benzene rings is 1. The van der Waals surface area contributed by atoms with Gasteiger partial charge in [0.05, 0.1) is 24.9 Å². The van der Waals surface area contributed by atoms with Crippen LogP contribution in [-0.2, 0) is 11.3 Å². The van der Waals surface area contributed by atoms with Crippen molar-refractivity contribution in [1.29, 1.82) is 0 Å². The number of nitrogens with two attached hydrogens (primary N) is 1. The predicted molar refractivity (Wildman–Crippen MR) is 79.7 cm³/mol. The summed E-state index contributed by atoms with van der Waals surface area (Å²) >= 11 is 0. The van der Waals surface area contributed by atoms with Gasteiger partial charge in [-0.15, -0.1) is 0 Å². The Balaban J connectivity index is 1.77. The van der Waals surface area contributed by atoms with Gasteiger partial charge in [0.1, 0.15) is 5.52 Å². The summed E-state index contributed by atoms with van der Waals surface area (Å²) in [6, 6.07) is 5.44. The van der Waals surface area contributed by atoms with Crippen LogP contribution in [0.3, 0.4) is 0 Å². The molecule has 1 unspecified atom stereocenters. The molecule has 0 amide bonds. The average molecular weight is 291 g/mol. The molecule has 2 heterocycles. The largest absolute Gasteiger partial charge is 0.439 e. The molecule has 1 aromatic carbocycles. The van der Waals surface area contributed by atoms with Gasteiger partial charge in [-0.1, -0.05) is 0 Å². The lowest BCUT2D eigenvalue weighted by Gasteiger charge is -2.41. The van der Waals surface area contributed by atoms with E-state index in [0.717, 1.165) is 17.6 Å². The van der Waals surface area contributed by atoms with E-state index in [-0.39, 0.29) is 18.3 Å². The Morgan fingerprint density at radius 3 is 3.05 bits per heavy atom. The monoisotopic (exact) mass is 291 g/mol. The smallest absolute Gasteiger partial charge is 0.209 e. The molecule has 1 saturated heterocycles. The Labute approximate surface area is 123 Å². The first-order chi connectivity index (χ1) is 9.95. The molecule has 1 aliphatic rings. The topological polar surface area (TPSA) is 84.8 Å². The Morgan fingerprint density at radius 1 is 1.48 bits per heavy atom. The maximum atomic E-state index is 9.35. The summed E-state index contributed by atoms with van der Waals surface area (Å²) in [5, 5.41) is 9.35. The highest BCUT2D eigenvalue weighted by Crippen LogP contribution is 2.24. The fourth-order valence-corrected chi connectivity index (χ4v) is 2.88. The quantitative estimate of drug-likeness (QED) is 0.831. The highest BCUT2D eigenvalue weighted by Gasteiger charge is 2.33. The second-order valence-electron chi connectivity index (χ2n) is 6.19. The van der Waals surface area contributed by atoms with Gasteiger partial charge in [0, 0.05) is 18.8 Å². The number of aromatic nitrogens is 1. The van der Waals surface area contributed by atoms with Crippen molar-refractivity contribution in [2.75, 3.05) is 25.4 Å². The average Bonchev–Trinajstić information content (AvgIpc) is 2.77. The van der Waals surface area contributed by atoms with Gasteiger partial charge >= 0.3 is 0 Å². The molecule has 0 radical (unpaired) electrons. The van der Waals surface area contributed by atoms with Crippen molar-refractivity contribution in [3.8, 4) is 0 Å². The van der Waals surface area contributed by atoms with Crippen LogP contribution in [0.1, 0.15) is 19.7 Å². The number of ether oxygens (including phenoxy) is 1. The van der Waals surface area contributed by atoms with Gasteiger partial charge in [0.2, 0.25) is 5.89 Å². The molecule has 1 atom stereocenters. The van der Waals surface area contributed by atoms with E-state index < -0.39 is 0 Å². The van der Waals surface area contributed by atoms with Crippen molar-refractivity contribution in [2.45, 2.75) is 32.1 Å². The maximum absolute atomic E-state index is 9.35. The third-order valence-electron chi connectivity index (χ3n) is 3.57. The summed E-state index contributed by atoms with van der Waals surface area (Å²) < 4.78 is 11.6. The fraction of sp³-hybridized carbons (Fsp3) is 0.533. The SMILES string of the molecule is CC1(C)CN(Cc2nc3cc(N)ccc3o2)CC(CO)O1. The van der Waals surface area contributed by atoms with Crippen LogP contribution < -0.4 is 5.73 Å². The summed E-state index contributed by atoms with van der Waals surface area (Å²) in [4.78, 5) is 6.67. The van der Waals surface area contributed by atoms with Gasteiger partial charge in [-0.25, -0.2) is 4.98 Å². The van der Waals surface area contributed by atoms with Crippen molar-refractivity contribution < 1.29 is 14.3 Å². The molecular formula is C15H21N3O3. The molecule has 0 aliphatic carbocycles. The third kappa shape index (κ3) is 3.18. The van der Waals surface area contributed by atoms with Crippen LogP contribution in [0.5, 0.6) is 0 Å². The minimum Gasteiger partial charge on any atom is -0.439 e. The number of aliphatic hydroxyl groups excluding tert-OH is 1. The molecule has 0 bridgehead atoms. The van der Waals surface area contributed by atoms with Crippen LogP contribution in [0, 0.1) is 0 Å². The van der Waals surface area contributed by atoms with Crippen LogP contribution in [0.25, 0.3) is 11.1 Å². The molecule has 3 N–H and O–H groups in total. The molecule has 1 aliphatic heterocycles. The molecule has 0 spiro atoms. The van der Waals surface area contributed by atoms with Gasteiger partial charge < -0.3 is 20.0 Å². The summed E-state index contributed by atoms with van der Waals surface area (Å²) in [7, 11) is 0. The van der Waals surface area contributed by atoms with Gasteiger partial charge in [0.15, 0.2) is 5.58 Å². The van der Waals surface area contributed by atoms with E-state index in [1.54, 1.807) is 6.07 Å². The molecule has 1 aromatic heterocycles.